The quantitative estimate of drug-likeness (QED) is 0.589. The normalized spacial score (nSPS) is 38.8. The Bertz CT molecular complexity index is 140. The van der Waals surface area contributed by atoms with Crippen molar-refractivity contribution in [1.29, 1.82) is 0 Å². The van der Waals surface area contributed by atoms with Gasteiger partial charge in [-0.1, -0.05) is 6.92 Å². The molecular formula is C10H20NO+. The van der Waals surface area contributed by atoms with Crippen LogP contribution in [0.2, 0.25) is 0 Å². The van der Waals surface area contributed by atoms with E-state index in [0.29, 0.717) is 0 Å². The topological polar surface area (TPSA) is 13.7 Å². The molecule has 1 aliphatic heterocycles. The van der Waals surface area contributed by atoms with E-state index in [0.717, 1.165) is 25.2 Å². The van der Waals surface area contributed by atoms with E-state index in [-0.39, 0.29) is 0 Å². The van der Waals surface area contributed by atoms with Crippen molar-refractivity contribution in [2.45, 2.75) is 32.2 Å². The summed E-state index contributed by atoms with van der Waals surface area (Å²) >= 11 is 0. The third-order valence-corrected chi connectivity index (χ3v) is 3.41. The number of hydrogen-bond donors (Lipinski definition) is 1. The van der Waals surface area contributed by atoms with Gasteiger partial charge in [0.25, 0.3) is 0 Å². The van der Waals surface area contributed by atoms with E-state index in [1.54, 1.807) is 0 Å². The van der Waals surface area contributed by atoms with Crippen molar-refractivity contribution in [3.05, 3.63) is 0 Å². The summed E-state index contributed by atoms with van der Waals surface area (Å²) in [5.41, 5.74) is 0. The maximum atomic E-state index is 5.37. The molecule has 0 aromatic heterocycles. The van der Waals surface area contributed by atoms with Gasteiger partial charge in [-0.3, -0.25) is 0 Å². The fourth-order valence-corrected chi connectivity index (χ4v) is 2.62. The molecule has 2 rings (SSSR count). The first kappa shape index (κ1) is 8.52. The van der Waals surface area contributed by atoms with E-state index < -0.39 is 0 Å². The fraction of sp³-hybridized carbons (Fsp3) is 1.00. The van der Waals surface area contributed by atoms with Crippen LogP contribution in [0.4, 0.5) is 0 Å². The Labute approximate surface area is 74.9 Å². The van der Waals surface area contributed by atoms with Crippen LogP contribution < -0.4 is 4.90 Å². The van der Waals surface area contributed by atoms with Crippen LogP contribution in [0, 0.1) is 5.92 Å². The van der Waals surface area contributed by atoms with E-state index in [9.17, 15) is 0 Å². The summed E-state index contributed by atoms with van der Waals surface area (Å²) in [5.74, 6) is 0.977. The van der Waals surface area contributed by atoms with Crippen LogP contribution in [-0.2, 0) is 4.74 Å². The van der Waals surface area contributed by atoms with Gasteiger partial charge in [0.15, 0.2) is 0 Å². The molecule has 1 saturated heterocycles. The molecule has 0 unspecified atom stereocenters. The van der Waals surface area contributed by atoms with Crippen molar-refractivity contribution in [2.75, 3.05) is 26.3 Å². The first-order valence-corrected chi connectivity index (χ1v) is 5.28. The van der Waals surface area contributed by atoms with E-state index in [1.165, 1.54) is 32.4 Å². The summed E-state index contributed by atoms with van der Waals surface area (Å²) in [6, 6.07) is 0.962. The largest absolute Gasteiger partial charge is 0.370 e. The molecule has 0 spiro atoms. The van der Waals surface area contributed by atoms with Gasteiger partial charge < -0.3 is 9.64 Å². The smallest absolute Gasteiger partial charge is 0.101 e. The minimum absolute atomic E-state index is 0.962. The van der Waals surface area contributed by atoms with Crippen LogP contribution in [0.5, 0.6) is 0 Å². The summed E-state index contributed by atoms with van der Waals surface area (Å²) in [7, 11) is 0. The average Bonchev–Trinajstić information content (AvgIpc) is 2.54. The highest BCUT2D eigenvalue weighted by Gasteiger charge is 2.30. The Balaban J connectivity index is 1.83. The van der Waals surface area contributed by atoms with E-state index in [1.807, 2.05) is 4.90 Å². The van der Waals surface area contributed by atoms with Crippen molar-refractivity contribution in [3.8, 4) is 0 Å². The summed E-state index contributed by atoms with van der Waals surface area (Å²) in [5, 5.41) is 0. The van der Waals surface area contributed by atoms with Gasteiger partial charge in [0.05, 0.1) is 19.3 Å². The lowest BCUT2D eigenvalue weighted by Crippen LogP contribution is -3.17. The van der Waals surface area contributed by atoms with Gasteiger partial charge in [-0.15, -0.1) is 0 Å². The van der Waals surface area contributed by atoms with Gasteiger partial charge in [-0.05, 0) is 18.8 Å². The third kappa shape index (κ3) is 1.80. The van der Waals surface area contributed by atoms with E-state index in [4.69, 9.17) is 4.74 Å². The molecule has 0 bridgehead atoms. The molecule has 12 heavy (non-hydrogen) atoms. The minimum atomic E-state index is 0.962. The zero-order chi connectivity index (χ0) is 8.39. The second-order valence-corrected chi connectivity index (χ2v) is 4.39. The lowest BCUT2D eigenvalue weighted by molar-refractivity contribution is -0.932. The van der Waals surface area contributed by atoms with Crippen molar-refractivity contribution in [3.63, 3.8) is 0 Å². The first-order valence-electron chi connectivity index (χ1n) is 5.28. The highest BCUT2D eigenvalue weighted by Crippen LogP contribution is 2.22. The molecule has 2 heteroatoms. The van der Waals surface area contributed by atoms with Crippen molar-refractivity contribution in [2.24, 2.45) is 5.92 Å². The van der Waals surface area contributed by atoms with Crippen molar-refractivity contribution in [1.82, 2.24) is 0 Å². The molecule has 70 valence electrons. The van der Waals surface area contributed by atoms with E-state index in [2.05, 4.69) is 6.92 Å². The zero-order valence-corrected chi connectivity index (χ0v) is 8.01. The summed E-state index contributed by atoms with van der Waals surface area (Å²) in [4.78, 5) is 1.81. The van der Waals surface area contributed by atoms with Crippen LogP contribution in [0.25, 0.3) is 0 Å². The van der Waals surface area contributed by atoms with Crippen LogP contribution in [0.3, 0.4) is 0 Å². The zero-order valence-electron chi connectivity index (χ0n) is 8.01. The Morgan fingerprint density at radius 3 is 2.50 bits per heavy atom. The highest BCUT2D eigenvalue weighted by molar-refractivity contribution is 4.72. The van der Waals surface area contributed by atoms with Crippen LogP contribution in [0.15, 0.2) is 0 Å². The molecule has 0 aromatic rings. The molecule has 0 aromatic carbocycles. The fourth-order valence-electron chi connectivity index (χ4n) is 2.62. The highest BCUT2D eigenvalue weighted by atomic mass is 16.5. The van der Waals surface area contributed by atoms with Crippen LogP contribution in [0.1, 0.15) is 26.2 Å². The third-order valence-electron chi connectivity index (χ3n) is 3.41. The van der Waals surface area contributed by atoms with Gasteiger partial charge in [0.2, 0.25) is 0 Å². The predicted octanol–water partition coefficient (Wildman–Crippen LogP) is 0.0901. The van der Waals surface area contributed by atoms with Crippen molar-refractivity contribution < 1.29 is 9.64 Å². The molecule has 1 heterocycles. The Kier molecular flexibility index (Phi) is 2.66. The van der Waals surface area contributed by atoms with Crippen LogP contribution in [-0.4, -0.2) is 32.3 Å². The maximum Gasteiger partial charge on any atom is 0.101 e. The van der Waals surface area contributed by atoms with Gasteiger partial charge in [-0.25, -0.2) is 0 Å². The molecule has 2 aliphatic rings. The van der Waals surface area contributed by atoms with Crippen molar-refractivity contribution >= 4 is 0 Å². The molecule has 2 atom stereocenters. The van der Waals surface area contributed by atoms with Gasteiger partial charge in [0, 0.05) is 6.42 Å². The summed E-state index contributed by atoms with van der Waals surface area (Å²) in [6.07, 6.45) is 4.36. The minimum Gasteiger partial charge on any atom is -0.370 e. The number of quaternary nitrogens is 1. The molecular weight excluding hydrogens is 150 g/mol. The van der Waals surface area contributed by atoms with Crippen LogP contribution >= 0.6 is 0 Å². The number of morpholine rings is 1. The standard InChI is InChI=1S/C10H19NO/c1-9-2-3-10(8-9)11-4-6-12-7-5-11/h9-10H,2-8H2,1H3/p+1/t9-,10+/m0/s1. The Morgan fingerprint density at radius 2 is 1.92 bits per heavy atom. The van der Waals surface area contributed by atoms with E-state index >= 15 is 0 Å². The second kappa shape index (κ2) is 3.75. The SMILES string of the molecule is C[C@H]1CC[C@@H]([NH+]2CCOCC2)C1. The Hall–Kier alpha value is -0.0800. The number of ether oxygens (including phenoxy) is 1. The summed E-state index contributed by atoms with van der Waals surface area (Å²) < 4.78 is 5.37. The molecule has 0 amide bonds. The molecule has 1 saturated carbocycles. The van der Waals surface area contributed by atoms with Gasteiger partial charge in [-0.2, -0.15) is 0 Å². The molecule has 1 aliphatic carbocycles. The molecule has 1 N–H and O–H groups in total. The second-order valence-electron chi connectivity index (χ2n) is 4.39. The molecule has 2 nitrogen and oxygen atoms in total. The Morgan fingerprint density at radius 1 is 1.17 bits per heavy atom. The predicted molar refractivity (Wildman–Crippen MR) is 48.3 cm³/mol. The first-order chi connectivity index (χ1) is 5.86. The van der Waals surface area contributed by atoms with Gasteiger partial charge in [0.1, 0.15) is 13.1 Å². The number of rotatable bonds is 1. The molecule has 2 fully saturated rings. The lowest BCUT2D eigenvalue weighted by Gasteiger charge is -2.29. The average molecular weight is 170 g/mol. The number of nitrogens with one attached hydrogen (secondary N) is 1. The summed E-state index contributed by atoms with van der Waals surface area (Å²) in [6.45, 7) is 6.86. The monoisotopic (exact) mass is 170 g/mol. The molecule has 0 radical (unpaired) electrons. The lowest BCUT2D eigenvalue weighted by atomic mass is 10.1. The number of hydrogen-bond acceptors (Lipinski definition) is 1. The maximum absolute atomic E-state index is 5.37. The van der Waals surface area contributed by atoms with Gasteiger partial charge >= 0.3 is 0 Å².